The van der Waals surface area contributed by atoms with Crippen molar-refractivity contribution in [2.24, 2.45) is 0 Å². The molecule has 0 N–H and O–H groups in total. The van der Waals surface area contributed by atoms with Crippen molar-refractivity contribution in [2.45, 2.75) is 0 Å². The van der Waals surface area contributed by atoms with E-state index in [0.717, 1.165) is 27.8 Å². The molecule has 0 aliphatic carbocycles. The number of halogens is 2. The van der Waals surface area contributed by atoms with Crippen molar-refractivity contribution in [1.82, 2.24) is 15.0 Å². The third-order valence-electron chi connectivity index (χ3n) is 5.03. The average molecular weight is 454 g/mol. The van der Waals surface area contributed by atoms with Crippen molar-refractivity contribution < 1.29 is 0 Å². The first kappa shape index (κ1) is 20.4. The standard InChI is InChI=1S/C27H17Cl2N3/c28-23-13-5-11-21(16-23)26-30-25(31-27(32-26)22-12-6-14-24(29)17-22)20-10-4-9-19(15-20)18-7-2-1-3-8-18/h1-17H. The summed E-state index contributed by atoms with van der Waals surface area (Å²) in [7, 11) is 0. The predicted octanol–water partition coefficient (Wildman–Crippen LogP) is 7.85. The Labute approximate surface area is 196 Å². The Bertz CT molecular complexity index is 1340. The zero-order valence-electron chi connectivity index (χ0n) is 16.9. The molecule has 0 saturated heterocycles. The maximum atomic E-state index is 6.23. The lowest BCUT2D eigenvalue weighted by molar-refractivity contribution is 1.07. The molecular weight excluding hydrogens is 437 g/mol. The van der Waals surface area contributed by atoms with Crippen LogP contribution in [0.1, 0.15) is 0 Å². The van der Waals surface area contributed by atoms with Crippen LogP contribution >= 0.6 is 23.2 Å². The molecule has 0 aliphatic heterocycles. The molecule has 5 aromatic rings. The smallest absolute Gasteiger partial charge is 0.164 e. The van der Waals surface area contributed by atoms with Gasteiger partial charge in [0.25, 0.3) is 0 Å². The molecule has 0 atom stereocenters. The molecule has 0 saturated carbocycles. The minimum atomic E-state index is 0.553. The summed E-state index contributed by atoms with van der Waals surface area (Å²) in [6, 6.07) is 33.4. The first-order valence-corrected chi connectivity index (χ1v) is 10.9. The average Bonchev–Trinajstić information content (AvgIpc) is 2.84. The van der Waals surface area contributed by atoms with Gasteiger partial charge in [-0.1, -0.05) is 96.0 Å². The van der Waals surface area contributed by atoms with E-state index in [2.05, 4.69) is 24.3 Å². The van der Waals surface area contributed by atoms with Gasteiger partial charge in [0.15, 0.2) is 17.5 Å². The normalized spacial score (nSPS) is 10.8. The molecule has 0 radical (unpaired) electrons. The lowest BCUT2D eigenvalue weighted by Crippen LogP contribution is -2.00. The van der Waals surface area contributed by atoms with Crippen molar-refractivity contribution in [3.05, 3.63) is 113 Å². The van der Waals surface area contributed by atoms with Gasteiger partial charge in [-0.15, -0.1) is 0 Å². The second kappa shape index (κ2) is 8.91. The second-order valence-corrected chi connectivity index (χ2v) is 8.15. The second-order valence-electron chi connectivity index (χ2n) is 7.27. The molecule has 0 unspecified atom stereocenters. The van der Waals surface area contributed by atoms with E-state index in [1.165, 1.54) is 0 Å². The first-order valence-electron chi connectivity index (χ1n) is 10.1. The molecular formula is C27H17Cl2N3. The molecule has 0 spiro atoms. The monoisotopic (exact) mass is 453 g/mol. The summed E-state index contributed by atoms with van der Waals surface area (Å²) in [4.78, 5) is 14.3. The Hall–Kier alpha value is -3.53. The van der Waals surface area contributed by atoms with Crippen molar-refractivity contribution in [1.29, 1.82) is 0 Å². The highest BCUT2D eigenvalue weighted by atomic mass is 35.5. The van der Waals surface area contributed by atoms with E-state index >= 15 is 0 Å². The zero-order chi connectivity index (χ0) is 21.9. The summed E-state index contributed by atoms with van der Waals surface area (Å²) in [5, 5.41) is 1.25. The van der Waals surface area contributed by atoms with Crippen LogP contribution in [0, 0.1) is 0 Å². The summed E-state index contributed by atoms with van der Waals surface area (Å²) >= 11 is 12.5. The van der Waals surface area contributed by atoms with Crippen molar-refractivity contribution >= 4 is 23.2 Å². The molecule has 1 heterocycles. The van der Waals surface area contributed by atoms with Gasteiger partial charge < -0.3 is 0 Å². The van der Waals surface area contributed by atoms with Crippen LogP contribution in [-0.2, 0) is 0 Å². The summed E-state index contributed by atoms with van der Waals surface area (Å²) in [6.45, 7) is 0. The Kier molecular flexibility index (Phi) is 5.68. The van der Waals surface area contributed by atoms with Crippen LogP contribution in [0.2, 0.25) is 10.0 Å². The summed E-state index contributed by atoms with van der Waals surface area (Å²) in [5.41, 5.74) is 4.78. The highest BCUT2D eigenvalue weighted by Gasteiger charge is 2.13. The van der Waals surface area contributed by atoms with Crippen LogP contribution in [0.3, 0.4) is 0 Å². The third-order valence-corrected chi connectivity index (χ3v) is 5.50. The molecule has 0 amide bonds. The molecule has 0 aliphatic rings. The van der Waals surface area contributed by atoms with Crippen molar-refractivity contribution in [2.75, 3.05) is 0 Å². The molecule has 3 nitrogen and oxygen atoms in total. The number of rotatable bonds is 4. The Balaban J connectivity index is 1.68. The Morgan fingerprint density at radius 1 is 0.375 bits per heavy atom. The van der Waals surface area contributed by atoms with Gasteiger partial charge in [-0.3, -0.25) is 0 Å². The highest BCUT2D eigenvalue weighted by molar-refractivity contribution is 6.31. The van der Waals surface area contributed by atoms with Gasteiger partial charge in [0.05, 0.1) is 0 Å². The topological polar surface area (TPSA) is 38.7 Å². The third kappa shape index (κ3) is 4.40. The quantitative estimate of drug-likeness (QED) is 0.278. The summed E-state index contributed by atoms with van der Waals surface area (Å²) < 4.78 is 0. The van der Waals surface area contributed by atoms with Crippen LogP contribution in [0.5, 0.6) is 0 Å². The van der Waals surface area contributed by atoms with Gasteiger partial charge in [-0.05, 0) is 41.5 Å². The van der Waals surface area contributed by atoms with E-state index < -0.39 is 0 Å². The lowest BCUT2D eigenvalue weighted by Gasteiger charge is -2.10. The molecule has 32 heavy (non-hydrogen) atoms. The first-order chi connectivity index (χ1) is 15.7. The molecule has 5 heteroatoms. The minimum Gasteiger partial charge on any atom is -0.208 e. The van der Waals surface area contributed by atoms with Gasteiger partial charge in [0.2, 0.25) is 0 Å². The van der Waals surface area contributed by atoms with E-state index in [4.69, 9.17) is 38.2 Å². The fourth-order valence-corrected chi connectivity index (χ4v) is 3.87. The maximum Gasteiger partial charge on any atom is 0.164 e. The van der Waals surface area contributed by atoms with Gasteiger partial charge >= 0.3 is 0 Å². The minimum absolute atomic E-state index is 0.553. The number of aromatic nitrogens is 3. The van der Waals surface area contributed by atoms with E-state index in [1.807, 2.05) is 78.9 Å². The van der Waals surface area contributed by atoms with Gasteiger partial charge in [0.1, 0.15) is 0 Å². The molecule has 4 aromatic carbocycles. The fraction of sp³-hybridized carbons (Fsp3) is 0. The summed E-state index contributed by atoms with van der Waals surface area (Å²) in [6.07, 6.45) is 0. The maximum absolute atomic E-state index is 6.23. The van der Waals surface area contributed by atoms with Crippen molar-refractivity contribution in [3.8, 4) is 45.3 Å². The number of benzene rings is 4. The Morgan fingerprint density at radius 2 is 0.781 bits per heavy atom. The molecule has 0 bridgehead atoms. The fourth-order valence-electron chi connectivity index (χ4n) is 3.49. The number of hydrogen-bond donors (Lipinski definition) is 0. The van der Waals surface area contributed by atoms with Crippen molar-refractivity contribution in [3.63, 3.8) is 0 Å². The van der Waals surface area contributed by atoms with E-state index in [-0.39, 0.29) is 0 Å². The SMILES string of the molecule is Clc1cccc(-c2nc(-c3cccc(Cl)c3)nc(-c3cccc(-c4ccccc4)c3)n2)c1. The molecule has 0 fully saturated rings. The summed E-state index contributed by atoms with van der Waals surface area (Å²) in [5.74, 6) is 1.69. The van der Waals surface area contributed by atoms with Gasteiger partial charge in [-0.25, -0.2) is 15.0 Å². The molecule has 1 aromatic heterocycles. The van der Waals surface area contributed by atoms with Crippen LogP contribution in [-0.4, -0.2) is 15.0 Å². The van der Waals surface area contributed by atoms with Crippen LogP contribution in [0.4, 0.5) is 0 Å². The predicted molar refractivity (Wildman–Crippen MR) is 132 cm³/mol. The van der Waals surface area contributed by atoms with Gasteiger partial charge in [-0.2, -0.15) is 0 Å². The largest absolute Gasteiger partial charge is 0.208 e. The van der Waals surface area contributed by atoms with Crippen LogP contribution in [0.15, 0.2) is 103 Å². The highest BCUT2D eigenvalue weighted by Crippen LogP contribution is 2.29. The van der Waals surface area contributed by atoms with E-state index in [0.29, 0.717) is 27.5 Å². The van der Waals surface area contributed by atoms with Crippen LogP contribution in [0.25, 0.3) is 45.3 Å². The van der Waals surface area contributed by atoms with Gasteiger partial charge in [0, 0.05) is 26.7 Å². The van der Waals surface area contributed by atoms with Crippen LogP contribution < -0.4 is 0 Å². The lowest BCUT2D eigenvalue weighted by atomic mass is 10.0. The molecule has 154 valence electrons. The molecule has 5 rings (SSSR count). The number of nitrogens with zero attached hydrogens (tertiary/aromatic N) is 3. The van der Waals surface area contributed by atoms with E-state index in [9.17, 15) is 0 Å². The van der Waals surface area contributed by atoms with E-state index in [1.54, 1.807) is 0 Å². The zero-order valence-corrected chi connectivity index (χ0v) is 18.4. The number of hydrogen-bond acceptors (Lipinski definition) is 3. The Morgan fingerprint density at radius 3 is 1.28 bits per heavy atom.